The van der Waals surface area contributed by atoms with Gasteiger partial charge in [0.1, 0.15) is 5.75 Å². The molecule has 0 aliphatic rings. The maximum absolute atomic E-state index is 11.9. The van der Waals surface area contributed by atoms with Crippen molar-refractivity contribution in [2.24, 2.45) is 0 Å². The maximum atomic E-state index is 11.9. The first-order valence-electron chi connectivity index (χ1n) is 7.02. The van der Waals surface area contributed by atoms with E-state index in [2.05, 4.69) is 5.32 Å². The van der Waals surface area contributed by atoms with Crippen LogP contribution >= 0.6 is 0 Å². The summed E-state index contributed by atoms with van der Waals surface area (Å²) in [5.41, 5.74) is 0.961. The van der Waals surface area contributed by atoms with E-state index in [-0.39, 0.29) is 23.7 Å². The SMILES string of the molecule is CCCS(=O)(=O)CC(NC)c1ccc(OC(C)C)cc1. The van der Waals surface area contributed by atoms with E-state index in [1.165, 1.54) is 0 Å². The van der Waals surface area contributed by atoms with Crippen molar-refractivity contribution < 1.29 is 13.2 Å². The molecular weight excluding hydrogens is 274 g/mol. The summed E-state index contributed by atoms with van der Waals surface area (Å²) in [6.45, 7) is 5.83. The number of sulfone groups is 1. The molecule has 1 unspecified atom stereocenters. The van der Waals surface area contributed by atoms with Gasteiger partial charge in [-0.05, 0) is 45.0 Å². The minimum absolute atomic E-state index is 0.127. The molecule has 0 aliphatic carbocycles. The van der Waals surface area contributed by atoms with Gasteiger partial charge in [-0.25, -0.2) is 8.42 Å². The maximum Gasteiger partial charge on any atom is 0.152 e. The van der Waals surface area contributed by atoms with Crippen LogP contribution in [-0.4, -0.2) is 33.1 Å². The Kier molecular flexibility index (Phi) is 6.49. The molecule has 0 amide bonds. The van der Waals surface area contributed by atoms with E-state index in [0.717, 1.165) is 11.3 Å². The molecule has 1 atom stereocenters. The highest BCUT2D eigenvalue weighted by Crippen LogP contribution is 2.20. The predicted octanol–water partition coefficient (Wildman–Crippen LogP) is 2.56. The molecular formula is C15H25NO3S. The number of hydrogen-bond acceptors (Lipinski definition) is 4. The van der Waals surface area contributed by atoms with Gasteiger partial charge in [0, 0.05) is 11.8 Å². The minimum Gasteiger partial charge on any atom is -0.491 e. The van der Waals surface area contributed by atoms with E-state index < -0.39 is 9.84 Å². The molecule has 0 saturated carbocycles. The normalized spacial score (nSPS) is 13.4. The zero-order chi connectivity index (χ0) is 15.2. The Hall–Kier alpha value is -1.07. The fraction of sp³-hybridized carbons (Fsp3) is 0.600. The third-order valence-corrected chi connectivity index (χ3v) is 4.81. The highest BCUT2D eigenvalue weighted by atomic mass is 32.2. The third-order valence-electron chi connectivity index (χ3n) is 2.94. The van der Waals surface area contributed by atoms with Crippen LogP contribution in [0.4, 0.5) is 0 Å². The van der Waals surface area contributed by atoms with Crippen molar-refractivity contribution in [2.75, 3.05) is 18.6 Å². The van der Waals surface area contributed by atoms with Gasteiger partial charge >= 0.3 is 0 Å². The van der Waals surface area contributed by atoms with E-state index in [1.807, 2.05) is 45.0 Å². The molecule has 0 aliphatic heterocycles. The van der Waals surface area contributed by atoms with Gasteiger partial charge in [0.2, 0.25) is 0 Å². The first-order valence-corrected chi connectivity index (χ1v) is 8.84. The van der Waals surface area contributed by atoms with Crippen LogP contribution in [0.3, 0.4) is 0 Å². The highest BCUT2D eigenvalue weighted by molar-refractivity contribution is 7.91. The molecule has 0 saturated heterocycles. The molecule has 5 heteroatoms. The Balaban J connectivity index is 2.80. The molecule has 0 fully saturated rings. The van der Waals surface area contributed by atoms with Crippen molar-refractivity contribution in [1.29, 1.82) is 0 Å². The quantitative estimate of drug-likeness (QED) is 0.801. The van der Waals surface area contributed by atoms with Crippen molar-refractivity contribution in [3.63, 3.8) is 0 Å². The molecule has 0 spiro atoms. The second-order valence-corrected chi connectivity index (χ2v) is 7.42. The lowest BCUT2D eigenvalue weighted by atomic mass is 10.1. The van der Waals surface area contributed by atoms with Crippen LogP contribution in [0.15, 0.2) is 24.3 Å². The summed E-state index contributed by atoms with van der Waals surface area (Å²) in [5.74, 6) is 1.16. The van der Waals surface area contributed by atoms with Crippen LogP contribution in [0.1, 0.15) is 38.8 Å². The summed E-state index contributed by atoms with van der Waals surface area (Å²) in [6, 6.07) is 7.42. The standard InChI is InChI=1S/C15H25NO3S/c1-5-10-20(17,18)11-15(16-4)13-6-8-14(9-7-13)19-12(2)3/h6-9,12,15-16H,5,10-11H2,1-4H3. The van der Waals surface area contributed by atoms with Crippen LogP contribution in [0.25, 0.3) is 0 Å². The van der Waals surface area contributed by atoms with Gasteiger partial charge in [-0.2, -0.15) is 0 Å². The molecule has 0 radical (unpaired) electrons. The fourth-order valence-corrected chi connectivity index (χ4v) is 3.70. The number of benzene rings is 1. The van der Waals surface area contributed by atoms with Crippen molar-refractivity contribution in [2.45, 2.75) is 39.3 Å². The zero-order valence-electron chi connectivity index (χ0n) is 12.7. The molecule has 0 bridgehead atoms. The summed E-state index contributed by atoms with van der Waals surface area (Å²) in [4.78, 5) is 0. The van der Waals surface area contributed by atoms with E-state index >= 15 is 0 Å². The summed E-state index contributed by atoms with van der Waals surface area (Å²) < 4.78 is 29.4. The number of ether oxygens (including phenoxy) is 1. The van der Waals surface area contributed by atoms with Crippen LogP contribution < -0.4 is 10.1 Å². The third kappa shape index (κ3) is 5.51. The molecule has 1 N–H and O–H groups in total. The zero-order valence-corrected chi connectivity index (χ0v) is 13.5. The Morgan fingerprint density at radius 3 is 2.25 bits per heavy atom. The molecule has 0 aromatic heterocycles. The molecule has 1 rings (SSSR count). The Bertz CT molecular complexity index is 494. The van der Waals surface area contributed by atoms with Crippen molar-refractivity contribution >= 4 is 9.84 Å². The molecule has 0 heterocycles. The first kappa shape index (κ1) is 17.0. The van der Waals surface area contributed by atoms with Gasteiger partial charge < -0.3 is 10.1 Å². The summed E-state index contributed by atoms with van der Waals surface area (Å²) >= 11 is 0. The van der Waals surface area contributed by atoms with Gasteiger partial charge in [-0.3, -0.25) is 0 Å². The van der Waals surface area contributed by atoms with Crippen molar-refractivity contribution in [3.8, 4) is 5.75 Å². The monoisotopic (exact) mass is 299 g/mol. The lowest BCUT2D eigenvalue weighted by molar-refractivity contribution is 0.242. The summed E-state index contributed by atoms with van der Waals surface area (Å²) in [7, 11) is -1.23. The smallest absolute Gasteiger partial charge is 0.152 e. The van der Waals surface area contributed by atoms with Gasteiger partial charge in [-0.15, -0.1) is 0 Å². The van der Waals surface area contributed by atoms with Crippen LogP contribution in [-0.2, 0) is 9.84 Å². The van der Waals surface area contributed by atoms with Gasteiger partial charge in [0.05, 0.1) is 11.9 Å². The largest absolute Gasteiger partial charge is 0.491 e. The topological polar surface area (TPSA) is 55.4 Å². The second kappa shape index (κ2) is 7.64. The Morgan fingerprint density at radius 1 is 1.20 bits per heavy atom. The summed E-state index contributed by atoms with van der Waals surface area (Å²) in [6.07, 6.45) is 0.783. The fourth-order valence-electron chi connectivity index (χ4n) is 2.05. The van der Waals surface area contributed by atoms with E-state index in [1.54, 1.807) is 7.05 Å². The minimum atomic E-state index is -3.01. The van der Waals surface area contributed by atoms with Gasteiger partial charge in [0.15, 0.2) is 9.84 Å². The number of nitrogens with one attached hydrogen (secondary N) is 1. The first-order chi connectivity index (χ1) is 9.38. The van der Waals surface area contributed by atoms with Gasteiger partial charge in [0.25, 0.3) is 0 Å². The van der Waals surface area contributed by atoms with Crippen LogP contribution in [0.2, 0.25) is 0 Å². The Morgan fingerprint density at radius 2 is 1.80 bits per heavy atom. The molecule has 1 aromatic carbocycles. The van der Waals surface area contributed by atoms with E-state index in [4.69, 9.17) is 4.74 Å². The second-order valence-electron chi connectivity index (χ2n) is 5.19. The van der Waals surface area contributed by atoms with Crippen molar-refractivity contribution in [3.05, 3.63) is 29.8 Å². The van der Waals surface area contributed by atoms with E-state index in [0.29, 0.717) is 6.42 Å². The Labute approximate surface area is 122 Å². The highest BCUT2D eigenvalue weighted by Gasteiger charge is 2.18. The average molecular weight is 299 g/mol. The lowest BCUT2D eigenvalue weighted by Crippen LogP contribution is -2.26. The number of hydrogen-bond donors (Lipinski definition) is 1. The molecule has 1 aromatic rings. The van der Waals surface area contributed by atoms with E-state index in [9.17, 15) is 8.42 Å². The van der Waals surface area contributed by atoms with Gasteiger partial charge in [-0.1, -0.05) is 19.1 Å². The molecule has 4 nitrogen and oxygen atoms in total. The summed E-state index contributed by atoms with van der Waals surface area (Å²) in [5, 5.41) is 3.07. The molecule has 20 heavy (non-hydrogen) atoms. The van der Waals surface area contributed by atoms with Crippen molar-refractivity contribution in [1.82, 2.24) is 5.32 Å². The predicted molar refractivity (Wildman–Crippen MR) is 83.0 cm³/mol. The lowest BCUT2D eigenvalue weighted by Gasteiger charge is -2.17. The molecule has 114 valence electrons. The average Bonchev–Trinajstić information content (AvgIpc) is 2.36. The van der Waals surface area contributed by atoms with Crippen LogP contribution in [0.5, 0.6) is 5.75 Å². The number of rotatable bonds is 8. The van der Waals surface area contributed by atoms with Crippen LogP contribution in [0, 0.1) is 0 Å².